The molecular formula is C15H18N4O2. The van der Waals surface area contributed by atoms with Gasteiger partial charge in [0.15, 0.2) is 5.82 Å². The third-order valence-corrected chi connectivity index (χ3v) is 3.83. The van der Waals surface area contributed by atoms with Crippen LogP contribution in [0.1, 0.15) is 34.9 Å². The molecule has 110 valence electrons. The van der Waals surface area contributed by atoms with Gasteiger partial charge in [0.05, 0.1) is 5.56 Å². The number of carbonyl (C=O) groups excluding carboxylic acids is 1. The molecule has 0 spiro atoms. The van der Waals surface area contributed by atoms with Crippen molar-refractivity contribution in [1.29, 1.82) is 0 Å². The van der Waals surface area contributed by atoms with E-state index in [1.54, 1.807) is 25.4 Å². The van der Waals surface area contributed by atoms with Crippen molar-refractivity contribution in [3.8, 4) is 0 Å². The molecule has 1 amide bonds. The molecule has 0 aromatic carbocycles. The summed E-state index contributed by atoms with van der Waals surface area (Å²) in [5.41, 5.74) is 0.659. The molecule has 0 saturated carbocycles. The normalized spacial score (nSPS) is 18.1. The van der Waals surface area contributed by atoms with Crippen LogP contribution in [0.2, 0.25) is 0 Å². The lowest BCUT2D eigenvalue weighted by molar-refractivity contribution is 0.0786. The summed E-state index contributed by atoms with van der Waals surface area (Å²) in [6, 6.07) is 3.60. The van der Waals surface area contributed by atoms with E-state index in [0.717, 1.165) is 38.2 Å². The zero-order valence-electron chi connectivity index (χ0n) is 12.0. The maximum Gasteiger partial charge on any atom is 0.255 e. The number of aromatic nitrogens is 3. The van der Waals surface area contributed by atoms with Gasteiger partial charge in [-0.25, -0.2) is 0 Å². The molecule has 21 heavy (non-hydrogen) atoms. The quantitative estimate of drug-likeness (QED) is 0.858. The van der Waals surface area contributed by atoms with Crippen molar-refractivity contribution in [2.24, 2.45) is 5.92 Å². The van der Waals surface area contributed by atoms with Crippen LogP contribution < -0.4 is 0 Å². The summed E-state index contributed by atoms with van der Waals surface area (Å²) in [5.74, 6) is 1.93. The van der Waals surface area contributed by atoms with Gasteiger partial charge in [0.1, 0.15) is 0 Å². The minimum atomic E-state index is 0.0704. The molecule has 1 saturated heterocycles. The van der Waals surface area contributed by atoms with Crippen molar-refractivity contribution in [1.82, 2.24) is 20.0 Å². The van der Waals surface area contributed by atoms with Crippen LogP contribution in [0, 0.1) is 12.8 Å². The van der Waals surface area contributed by atoms with Crippen LogP contribution in [0.5, 0.6) is 0 Å². The summed E-state index contributed by atoms with van der Waals surface area (Å²) >= 11 is 0. The van der Waals surface area contributed by atoms with Crippen LogP contribution in [0.25, 0.3) is 0 Å². The van der Waals surface area contributed by atoms with Gasteiger partial charge in [0, 0.05) is 38.8 Å². The van der Waals surface area contributed by atoms with Gasteiger partial charge in [0.25, 0.3) is 5.91 Å². The lowest BCUT2D eigenvalue weighted by Gasteiger charge is -2.16. The molecule has 3 rings (SSSR count). The summed E-state index contributed by atoms with van der Waals surface area (Å²) < 4.78 is 4.96. The molecule has 1 aliphatic heterocycles. The standard InChI is InChI=1S/C15H18N4O2/c1-11-17-14(18-21-11)5-4-12-6-8-19(10-12)15(20)13-3-2-7-16-9-13/h2-3,7,9,12H,4-6,8,10H2,1H3. The number of pyridine rings is 1. The lowest BCUT2D eigenvalue weighted by Crippen LogP contribution is -2.28. The molecule has 3 heterocycles. The van der Waals surface area contributed by atoms with Crippen LogP contribution in [0.15, 0.2) is 29.0 Å². The lowest BCUT2D eigenvalue weighted by atomic mass is 10.0. The maximum atomic E-state index is 12.3. The molecule has 0 bridgehead atoms. The van der Waals surface area contributed by atoms with E-state index in [1.807, 2.05) is 11.0 Å². The van der Waals surface area contributed by atoms with Gasteiger partial charge in [-0.2, -0.15) is 4.98 Å². The topological polar surface area (TPSA) is 72.1 Å². The first-order valence-corrected chi connectivity index (χ1v) is 7.21. The molecule has 1 atom stereocenters. The van der Waals surface area contributed by atoms with Crippen molar-refractivity contribution in [2.45, 2.75) is 26.2 Å². The molecule has 1 aliphatic rings. The molecule has 6 heteroatoms. The number of rotatable bonds is 4. The Labute approximate surface area is 123 Å². The van der Waals surface area contributed by atoms with E-state index in [9.17, 15) is 4.79 Å². The van der Waals surface area contributed by atoms with Crippen LogP contribution in [-0.2, 0) is 6.42 Å². The Morgan fingerprint density at radius 1 is 1.52 bits per heavy atom. The van der Waals surface area contributed by atoms with Crippen molar-refractivity contribution in [2.75, 3.05) is 13.1 Å². The minimum absolute atomic E-state index is 0.0704. The highest BCUT2D eigenvalue weighted by Gasteiger charge is 2.27. The fourth-order valence-corrected chi connectivity index (χ4v) is 2.70. The van der Waals surface area contributed by atoms with Crippen LogP contribution >= 0.6 is 0 Å². The summed E-state index contributed by atoms with van der Waals surface area (Å²) in [6.45, 7) is 3.40. The summed E-state index contributed by atoms with van der Waals surface area (Å²) in [5, 5.41) is 3.90. The van der Waals surface area contributed by atoms with Gasteiger partial charge in [-0.15, -0.1) is 0 Å². The Bertz CT molecular complexity index is 611. The Hall–Kier alpha value is -2.24. The van der Waals surface area contributed by atoms with Gasteiger partial charge < -0.3 is 9.42 Å². The van der Waals surface area contributed by atoms with Gasteiger partial charge in [-0.3, -0.25) is 9.78 Å². The van der Waals surface area contributed by atoms with Crippen molar-refractivity contribution in [3.63, 3.8) is 0 Å². The van der Waals surface area contributed by atoms with Gasteiger partial charge in [-0.05, 0) is 30.9 Å². The molecule has 0 radical (unpaired) electrons. The summed E-state index contributed by atoms with van der Waals surface area (Å²) in [6.07, 6.45) is 6.11. The van der Waals surface area contributed by atoms with Gasteiger partial charge in [-0.1, -0.05) is 5.16 Å². The molecule has 1 fully saturated rings. The first-order chi connectivity index (χ1) is 10.2. The second-order valence-corrected chi connectivity index (χ2v) is 5.42. The highest BCUT2D eigenvalue weighted by Crippen LogP contribution is 2.22. The number of hydrogen-bond donors (Lipinski definition) is 0. The molecule has 1 unspecified atom stereocenters. The average molecular weight is 286 g/mol. The monoisotopic (exact) mass is 286 g/mol. The molecular weight excluding hydrogens is 268 g/mol. The fraction of sp³-hybridized carbons (Fsp3) is 0.467. The van der Waals surface area contributed by atoms with Crippen LogP contribution in [-0.4, -0.2) is 39.0 Å². The second kappa shape index (κ2) is 6.03. The third-order valence-electron chi connectivity index (χ3n) is 3.83. The maximum absolute atomic E-state index is 12.3. The highest BCUT2D eigenvalue weighted by atomic mass is 16.5. The Morgan fingerprint density at radius 2 is 2.43 bits per heavy atom. The van der Waals surface area contributed by atoms with E-state index < -0.39 is 0 Å². The zero-order chi connectivity index (χ0) is 14.7. The summed E-state index contributed by atoms with van der Waals surface area (Å²) in [4.78, 5) is 22.4. The zero-order valence-corrected chi connectivity index (χ0v) is 12.0. The van der Waals surface area contributed by atoms with Crippen LogP contribution in [0.4, 0.5) is 0 Å². The number of likely N-dealkylation sites (tertiary alicyclic amines) is 1. The molecule has 2 aromatic heterocycles. The van der Waals surface area contributed by atoms with Gasteiger partial charge >= 0.3 is 0 Å². The van der Waals surface area contributed by atoms with E-state index in [-0.39, 0.29) is 5.91 Å². The van der Waals surface area contributed by atoms with Crippen molar-refractivity contribution < 1.29 is 9.32 Å². The third kappa shape index (κ3) is 3.26. The highest BCUT2D eigenvalue weighted by molar-refractivity contribution is 5.94. The molecule has 6 nitrogen and oxygen atoms in total. The van der Waals surface area contributed by atoms with E-state index in [4.69, 9.17) is 4.52 Å². The van der Waals surface area contributed by atoms with E-state index in [0.29, 0.717) is 17.4 Å². The minimum Gasteiger partial charge on any atom is -0.340 e. The Balaban J connectivity index is 1.52. The van der Waals surface area contributed by atoms with Crippen molar-refractivity contribution >= 4 is 5.91 Å². The number of amides is 1. The average Bonchev–Trinajstić information content (AvgIpc) is 3.14. The number of hydrogen-bond acceptors (Lipinski definition) is 5. The largest absolute Gasteiger partial charge is 0.340 e. The number of nitrogens with zero attached hydrogens (tertiary/aromatic N) is 4. The SMILES string of the molecule is Cc1nc(CCC2CCN(C(=O)c3cccnc3)C2)no1. The Morgan fingerprint density at radius 3 is 3.14 bits per heavy atom. The number of aryl methyl sites for hydroxylation is 2. The van der Waals surface area contributed by atoms with E-state index >= 15 is 0 Å². The van der Waals surface area contributed by atoms with E-state index in [1.165, 1.54) is 0 Å². The van der Waals surface area contributed by atoms with E-state index in [2.05, 4.69) is 15.1 Å². The summed E-state index contributed by atoms with van der Waals surface area (Å²) in [7, 11) is 0. The smallest absolute Gasteiger partial charge is 0.255 e. The molecule has 0 aliphatic carbocycles. The predicted molar refractivity (Wildman–Crippen MR) is 75.6 cm³/mol. The van der Waals surface area contributed by atoms with Gasteiger partial charge in [0.2, 0.25) is 5.89 Å². The second-order valence-electron chi connectivity index (χ2n) is 5.42. The Kier molecular flexibility index (Phi) is 3.94. The predicted octanol–water partition coefficient (Wildman–Crippen LogP) is 1.87. The first kappa shape index (κ1) is 13.7. The number of carbonyl (C=O) groups is 1. The molecule has 0 N–H and O–H groups in total. The molecule has 2 aromatic rings. The van der Waals surface area contributed by atoms with Crippen molar-refractivity contribution in [3.05, 3.63) is 41.8 Å². The first-order valence-electron chi connectivity index (χ1n) is 7.21. The van der Waals surface area contributed by atoms with Crippen LogP contribution in [0.3, 0.4) is 0 Å². The fourth-order valence-electron chi connectivity index (χ4n) is 2.70.